The second-order valence-corrected chi connectivity index (χ2v) is 5.53. The number of anilines is 1. The van der Waals surface area contributed by atoms with Crippen LogP contribution in [0.25, 0.3) is 5.69 Å². The number of nitrogens with one attached hydrogen (secondary N) is 1. The maximum absolute atomic E-state index is 13.4. The molecule has 1 aliphatic rings. The van der Waals surface area contributed by atoms with Crippen LogP contribution in [0.4, 0.5) is 10.3 Å². The Morgan fingerprint density at radius 2 is 1.95 bits per heavy atom. The monoisotopic (exact) mass is 299 g/mol. The summed E-state index contributed by atoms with van der Waals surface area (Å²) >= 11 is 11.7. The fraction of sp³-hybridized carbons (Fsp3) is 0.308. The Kier molecular flexibility index (Phi) is 3.15. The molecule has 0 bridgehead atoms. The lowest BCUT2D eigenvalue weighted by molar-refractivity contribution is 0.628. The Balaban J connectivity index is 2.05. The number of rotatable bonds is 3. The quantitative estimate of drug-likeness (QED) is 0.861. The molecule has 19 heavy (non-hydrogen) atoms. The molecule has 1 saturated carbocycles. The molecule has 1 heterocycles. The van der Waals surface area contributed by atoms with Gasteiger partial charge in [0.2, 0.25) is 5.95 Å². The third-order valence-electron chi connectivity index (χ3n) is 2.98. The van der Waals surface area contributed by atoms with Crippen molar-refractivity contribution in [3.8, 4) is 5.69 Å². The highest BCUT2D eigenvalue weighted by Crippen LogP contribution is 2.30. The average Bonchev–Trinajstić information content (AvgIpc) is 3.08. The molecule has 0 amide bonds. The van der Waals surface area contributed by atoms with Crippen LogP contribution in [-0.4, -0.2) is 15.6 Å². The van der Waals surface area contributed by atoms with E-state index in [1.807, 2.05) is 17.7 Å². The third kappa shape index (κ3) is 2.55. The van der Waals surface area contributed by atoms with E-state index < -0.39 is 5.82 Å². The van der Waals surface area contributed by atoms with Crippen LogP contribution in [-0.2, 0) is 0 Å². The number of aryl methyl sites for hydroxylation is 1. The van der Waals surface area contributed by atoms with Gasteiger partial charge in [0.1, 0.15) is 0 Å². The van der Waals surface area contributed by atoms with Crippen molar-refractivity contribution in [2.45, 2.75) is 25.8 Å². The number of benzene rings is 1. The van der Waals surface area contributed by atoms with Crippen molar-refractivity contribution >= 4 is 29.2 Å². The van der Waals surface area contributed by atoms with Crippen LogP contribution in [0.15, 0.2) is 18.3 Å². The summed E-state index contributed by atoms with van der Waals surface area (Å²) in [4.78, 5) is 4.42. The zero-order valence-electron chi connectivity index (χ0n) is 10.3. The summed E-state index contributed by atoms with van der Waals surface area (Å²) in [6, 6.07) is 3.57. The minimum absolute atomic E-state index is 0.00576. The van der Waals surface area contributed by atoms with Crippen LogP contribution in [0.3, 0.4) is 0 Å². The number of imidazole rings is 1. The van der Waals surface area contributed by atoms with Gasteiger partial charge in [0.05, 0.1) is 21.4 Å². The fourth-order valence-corrected chi connectivity index (χ4v) is 2.36. The zero-order valence-corrected chi connectivity index (χ0v) is 11.8. The van der Waals surface area contributed by atoms with Gasteiger partial charge < -0.3 is 5.32 Å². The summed E-state index contributed by atoms with van der Waals surface area (Å²) in [5.74, 6) is 0.138. The summed E-state index contributed by atoms with van der Waals surface area (Å²) in [7, 11) is 0. The lowest BCUT2D eigenvalue weighted by atomic mass is 10.3. The van der Waals surface area contributed by atoms with Crippen molar-refractivity contribution in [1.82, 2.24) is 9.55 Å². The molecule has 1 aromatic heterocycles. The van der Waals surface area contributed by atoms with Gasteiger partial charge in [-0.3, -0.25) is 4.57 Å². The van der Waals surface area contributed by atoms with Crippen molar-refractivity contribution in [2.75, 3.05) is 5.32 Å². The summed E-state index contributed by atoms with van der Waals surface area (Å²) in [5.41, 5.74) is 1.57. The summed E-state index contributed by atoms with van der Waals surface area (Å²) in [6.45, 7) is 1.90. The standard InChI is InChI=1S/C13H12Cl2FN3/c1-7-6-19(13(17-7)18-8-2-3-8)9-4-10(14)12(16)11(15)5-9/h4-6,8H,2-3H2,1H3,(H,17,18). The SMILES string of the molecule is Cc1cn(-c2cc(Cl)c(F)c(Cl)c2)c(NC2CC2)n1. The van der Waals surface area contributed by atoms with Crippen molar-refractivity contribution in [2.24, 2.45) is 0 Å². The molecule has 1 aromatic carbocycles. The van der Waals surface area contributed by atoms with Crippen LogP contribution in [0.5, 0.6) is 0 Å². The molecule has 0 saturated heterocycles. The van der Waals surface area contributed by atoms with Crippen LogP contribution >= 0.6 is 23.2 Å². The molecule has 0 radical (unpaired) electrons. The van der Waals surface area contributed by atoms with Crippen LogP contribution in [0.1, 0.15) is 18.5 Å². The Labute approximate surface area is 120 Å². The average molecular weight is 300 g/mol. The molecule has 3 nitrogen and oxygen atoms in total. The highest BCUT2D eigenvalue weighted by atomic mass is 35.5. The van der Waals surface area contributed by atoms with E-state index in [9.17, 15) is 4.39 Å². The van der Waals surface area contributed by atoms with Gasteiger partial charge in [-0.2, -0.15) is 0 Å². The Morgan fingerprint density at radius 1 is 1.32 bits per heavy atom. The molecule has 1 aliphatic carbocycles. The van der Waals surface area contributed by atoms with Crippen LogP contribution < -0.4 is 5.32 Å². The highest BCUT2D eigenvalue weighted by molar-refractivity contribution is 6.35. The van der Waals surface area contributed by atoms with E-state index in [4.69, 9.17) is 23.2 Å². The molecule has 6 heteroatoms. The Morgan fingerprint density at radius 3 is 2.53 bits per heavy atom. The number of hydrogen-bond donors (Lipinski definition) is 1. The topological polar surface area (TPSA) is 29.9 Å². The van der Waals surface area contributed by atoms with E-state index in [0.29, 0.717) is 11.7 Å². The summed E-state index contributed by atoms with van der Waals surface area (Å²) < 4.78 is 15.3. The van der Waals surface area contributed by atoms with Gasteiger partial charge >= 0.3 is 0 Å². The predicted molar refractivity (Wildman–Crippen MR) is 74.9 cm³/mol. The number of aromatic nitrogens is 2. The molecular formula is C13H12Cl2FN3. The summed E-state index contributed by atoms with van der Waals surface area (Å²) in [6.07, 6.45) is 4.16. The van der Waals surface area contributed by atoms with Crippen molar-refractivity contribution in [3.05, 3.63) is 39.9 Å². The van der Waals surface area contributed by atoms with Gasteiger partial charge in [-0.25, -0.2) is 9.37 Å². The molecule has 2 aromatic rings. The zero-order chi connectivity index (χ0) is 13.6. The highest BCUT2D eigenvalue weighted by Gasteiger charge is 2.23. The van der Waals surface area contributed by atoms with E-state index in [-0.39, 0.29) is 10.0 Å². The lowest BCUT2D eigenvalue weighted by Crippen LogP contribution is -2.07. The molecule has 100 valence electrons. The second kappa shape index (κ2) is 4.69. The van der Waals surface area contributed by atoms with Gasteiger partial charge in [0.25, 0.3) is 0 Å². The smallest absolute Gasteiger partial charge is 0.207 e. The first-order valence-electron chi connectivity index (χ1n) is 6.02. The minimum Gasteiger partial charge on any atom is -0.353 e. The fourth-order valence-electron chi connectivity index (χ4n) is 1.89. The molecule has 1 fully saturated rings. The van der Waals surface area contributed by atoms with Crippen LogP contribution in [0, 0.1) is 12.7 Å². The molecule has 3 rings (SSSR count). The van der Waals surface area contributed by atoms with E-state index in [1.165, 1.54) is 0 Å². The van der Waals surface area contributed by atoms with E-state index >= 15 is 0 Å². The molecule has 0 unspecified atom stereocenters. The maximum atomic E-state index is 13.4. The van der Waals surface area contributed by atoms with E-state index in [1.54, 1.807) is 12.1 Å². The lowest BCUT2D eigenvalue weighted by Gasteiger charge is -2.10. The number of halogens is 3. The van der Waals surface area contributed by atoms with E-state index in [0.717, 1.165) is 24.5 Å². The predicted octanol–water partition coefficient (Wildman–Crippen LogP) is 4.20. The molecule has 0 aliphatic heterocycles. The number of hydrogen-bond acceptors (Lipinski definition) is 2. The maximum Gasteiger partial charge on any atom is 0.207 e. The van der Waals surface area contributed by atoms with Crippen LogP contribution in [0.2, 0.25) is 10.0 Å². The largest absolute Gasteiger partial charge is 0.353 e. The van der Waals surface area contributed by atoms with Crippen molar-refractivity contribution < 1.29 is 4.39 Å². The molecule has 1 N–H and O–H groups in total. The number of nitrogens with zero attached hydrogens (tertiary/aromatic N) is 2. The molecule has 0 atom stereocenters. The normalized spacial score (nSPS) is 14.7. The van der Waals surface area contributed by atoms with Gasteiger partial charge in [-0.1, -0.05) is 23.2 Å². The van der Waals surface area contributed by atoms with E-state index in [2.05, 4.69) is 10.3 Å². The Bertz CT molecular complexity index is 612. The van der Waals surface area contributed by atoms with Gasteiger partial charge in [0, 0.05) is 12.2 Å². The van der Waals surface area contributed by atoms with Gasteiger partial charge in [0.15, 0.2) is 5.82 Å². The molecule has 0 spiro atoms. The first-order chi connectivity index (χ1) is 9.04. The van der Waals surface area contributed by atoms with Crippen molar-refractivity contribution in [1.29, 1.82) is 0 Å². The van der Waals surface area contributed by atoms with Crippen molar-refractivity contribution in [3.63, 3.8) is 0 Å². The van der Waals surface area contributed by atoms with Gasteiger partial charge in [-0.05, 0) is 31.9 Å². The first kappa shape index (κ1) is 12.8. The first-order valence-corrected chi connectivity index (χ1v) is 6.77. The van der Waals surface area contributed by atoms with Gasteiger partial charge in [-0.15, -0.1) is 0 Å². The minimum atomic E-state index is -0.597. The molecular weight excluding hydrogens is 288 g/mol. The Hall–Kier alpha value is -1.26. The second-order valence-electron chi connectivity index (χ2n) is 4.72. The summed E-state index contributed by atoms with van der Waals surface area (Å²) in [5, 5.41) is 3.34. The third-order valence-corrected chi connectivity index (χ3v) is 3.53.